The van der Waals surface area contributed by atoms with Gasteiger partial charge in [-0.25, -0.2) is 0 Å². The Morgan fingerprint density at radius 3 is 1.92 bits per heavy atom. The molecule has 196 valence electrons. The summed E-state index contributed by atoms with van der Waals surface area (Å²) in [7, 11) is 0. The molecule has 0 saturated carbocycles. The van der Waals surface area contributed by atoms with Crippen molar-refractivity contribution in [2.45, 2.75) is 56.6 Å². The molecule has 2 fully saturated rings. The fourth-order valence-corrected chi connectivity index (χ4v) is 4.62. The third kappa shape index (κ3) is 6.83. The molecule has 1 N–H and O–H groups in total. The maximum absolute atomic E-state index is 9.28. The second-order valence-corrected chi connectivity index (χ2v) is 9.19. The van der Waals surface area contributed by atoms with Gasteiger partial charge in [0.25, 0.3) is 0 Å². The maximum Gasteiger partial charge on any atom is 0.186 e. The summed E-state index contributed by atoms with van der Waals surface area (Å²) in [5, 5.41) is 9.28. The third-order valence-corrected chi connectivity index (χ3v) is 6.51. The Labute approximate surface area is 217 Å². The van der Waals surface area contributed by atoms with E-state index in [0.717, 1.165) is 16.7 Å². The lowest BCUT2D eigenvalue weighted by molar-refractivity contribution is -0.372. The van der Waals surface area contributed by atoms with Gasteiger partial charge in [-0.1, -0.05) is 91.0 Å². The maximum atomic E-state index is 9.28. The molecule has 0 aliphatic carbocycles. The Kier molecular flexibility index (Phi) is 9.32. The third-order valence-electron chi connectivity index (χ3n) is 6.51. The van der Waals surface area contributed by atoms with Gasteiger partial charge in [0.15, 0.2) is 12.6 Å². The Morgan fingerprint density at radius 1 is 0.703 bits per heavy atom. The SMILES string of the molecule is OCCCO[C@H]1O[C@@H]2COC(c3ccccc3)O[C@H]2[C@H](OCc2ccccc2)[C@H]1OCc1ccccc1. The second kappa shape index (κ2) is 13.3. The van der Waals surface area contributed by atoms with E-state index in [4.69, 9.17) is 28.4 Å². The molecule has 0 spiro atoms. The predicted octanol–water partition coefficient (Wildman–Crippen LogP) is 4.40. The van der Waals surface area contributed by atoms with Crippen LogP contribution in [0.5, 0.6) is 0 Å². The number of hydrogen-bond donors (Lipinski definition) is 1. The van der Waals surface area contributed by atoms with Crippen LogP contribution in [0.2, 0.25) is 0 Å². The quantitative estimate of drug-likeness (QED) is 0.387. The standard InChI is InChI=1S/C30H34O7/c31-17-10-18-32-30-28(34-20-23-13-6-2-7-14-23)27(33-19-22-11-4-1-5-12-22)26-25(36-30)21-35-29(37-26)24-15-8-3-9-16-24/h1-9,11-16,25-31H,10,17-21H2/t25-,26-,27+,28-,29?,30+/m1/s1. The van der Waals surface area contributed by atoms with Crippen LogP contribution in [-0.4, -0.2) is 55.6 Å². The zero-order chi connectivity index (χ0) is 25.3. The van der Waals surface area contributed by atoms with Crippen molar-refractivity contribution in [2.24, 2.45) is 0 Å². The molecule has 3 aromatic carbocycles. The largest absolute Gasteiger partial charge is 0.396 e. The van der Waals surface area contributed by atoms with Crippen molar-refractivity contribution in [1.82, 2.24) is 0 Å². The predicted molar refractivity (Wildman–Crippen MR) is 136 cm³/mol. The van der Waals surface area contributed by atoms with E-state index < -0.39 is 37.0 Å². The summed E-state index contributed by atoms with van der Waals surface area (Å²) < 4.78 is 37.9. The molecule has 5 rings (SSSR count). The van der Waals surface area contributed by atoms with Crippen molar-refractivity contribution >= 4 is 0 Å². The lowest BCUT2D eigenvalue weighted by Crippen LogP contribution is -2.63. The van der Waals surface area contributed by atoms with E-state index >= 15 is 0 Å². The monoisotopic (exact) mass is 506 g/mol. The van der Waals surface area contributed by atoms with Crippen molar-refractivity contribution in [2.75, 3.05) is 19.8 Å². The molecule has 2 aliphatic rings. The summed E-state index contributed by atoms with van der Waals surface area (Å²) in [5.74, 6) is 0. The number of aliphatic hydroxyl groups excluding tert-OH is 1. The van der Waals surface area contributed by atoms with E-state index in [1.54, 1.807) is 0 Å². The van der Waals surface area contributed by atoms with Crippen LogP contribution in [0.3, 0.4) is 0 Å². The average molecular weight is 507 g/mol. The molecule has 2 saturated heterocycles. The van der Waals surface area contributed by atoms with E-state index in [1.807, 2.05) is 91.0 Å². The highest BCUT2D eigenvalue weighted by molar-refractivity contribution is 5.17. The van der Waals surface area contributed by atoms with E-state index in [9.17, 15) is 5.11 Å². The minimum atomic E-state index is -0.697. The second-order valence-electron chi connectivity index (χ2n) is 9.19. The first kappa shape index (κ1) is 26.0. The summed E-state index contributed by atoms with van der Waals surface area (Å²) in [5.41, 5.74) is 3.03. The topological polar surface area (TPSA) is 75.6 Å². The summed E-state index contributed by atoms with van der Waals surface area (Å²) in [6.07, 6.45) is -2.58. The number of rotatable bonds is 11. The molecule has 0 aromatic heterocycles. The minimum Gasteiger partial charge on any atom is -0.396 e. The summed E-state index contributed by atoms with van der Waals surface area (Å²) in [6.45, 7) is 1.47. The van der Waals surface area contributed by atoms with Crippen LogP contribution in [0.25, 0.3) is 0 Å². The minimum absolute atomic E-state index is 0.0349. The first-order chi connectivity index (χ1) is 18.3. The van der Waals surface area contributed by atoms with Crippen LogP contribution in [0.15, 0.2) is 91.0 Å². The van der Waals surface area contributed by atoms with Gasteiger partial charge in [0.05, 0.1) is 26.4 Å². The van der Waals surface area contributed by atoms with Crippen LogP contribution in [0, 0.1) is 0 Å². The van der Waals surface area contributed by atoms with Crippen LogP contribution >= 0.6 is 0 Å². The Morgan fingerprint density at radius 2 is 1.30 bits per heavy atom. The molecule has 7 nitrogen and oxygen atoms in total. The number of benzene rings is 3. The van der Waals surface area contributed by atoms with Gasteiger partial charge in [-0.15, -0.1) is 0 Å². The van der Waals surface area contributed by atoms with Crippen molar-refractivity contribution in [1.29, 1.82) is 0 Å². The molecule has 0 bridgehead atoms. The number of hydrogen-bond acceptors (Lipinski definition) is 7. The highest BCUT2D eigenvalue weighted by Crippen LogP contribution is 2.37. The molecule has 2 heterocycles. The van der Waals surface area contributed by atoms with Crippen LogP contribution < -0.4 is 0 Å². The highest BCUT2D eigenvalue weighted by atomic mass is 16.8. The van der Waals surface area contributed by atoms with Crippen LogP contribution in [0.4, 0.5) is 0 Å². The number of fused-ring (bicyclic) bond motifs is 1. The Bertz CT molecular complexity index is 1050. The van der Waals surface area contributed by atoms with Gasteiger partial charge in [0.2, 0.25) is 0 Å². The summed E-state index contributed by atoms with van der Waals surface area (Å²) in [4.78, 5) is 0. The molecule has 2 aliphatic heterocycles. The molecular formula is C30H34O7. The van der Waals surface area contributed by atoms with Crippen molar-refractivity contribution in [3.63, 3.8) is 0 Å². The van der Waals surface area contributed by atoms with Crippen molar-refractivity contribution in [3.05, 3.63) is 108 Å². The van der Waals surface area contributed by atoms with Crippen LogP contribution in [0.1, 0.15) is 29.4 Å². The van der Waals surface area contributed by atoms with Crippen LogP contribution in [-0.2, 0) is 41.6 Å². The lowest BCUT2D eigenvalue weighted by atomic mass is 9.97. The first-order valence-electron chi connectivity index (χ1n) is 12.8. The van der Waals surface area contributed by atoms with E-state index in [2.05, 4.69) is 0 Å². The zero-order valence-corrected chi connectivity index (χ0v) is 20.8. The van der Waals surface area contributed by atoms with Gasteiger partial charge in [0.1, 0.15) is 24.4 Å². The summed E-state index contributed by atoms with van der Waals surface area (Å²) in [6, 6.07) is 29.9. The molecule has 6 atom stereocenters. The molecular weight excluding hydrogens is 472 g/mol. The van der Waals surface area contributed by atoms with Gasteiger partial charge in [0, 0.05) is 12.2 Å². The molecule has 0 radical (unpaired) electrons. The van der Waals surface area contributed by atoms with Crippen molar-refractivity contribution < 1.29 is 33.5 Å². The molecule has 37 heavy (non-hydrogen) atoms. The number of aliphatic hydroxyl groups is 1. The smallest absolute Gasteiger partial charge is 0.186 e. The van der Waals surface area contributed by atoms with Gasteiger partial charge < -0.3 is 33.5 Å². The average Bonchev–Trinajstić information content (AvgIpc) is 2.96. The van der Waals surface area contributed by atoms with E-state index in [0.29, 0.717) is 32.8 Å². The van der Waals surface area contributed by atoms with Gasteiger partial charge >= 0.3 is 0 Å². The highest BCUT2D eigenvalue weighted by Gasteiger charge is 2.51. The molecule has 3 aromatic rings. The lowest BCUT2D eigenvalue weighted by Gasteiger charge is -2.49. The summed E-state index contributed by atoms with van der Waals surface area (Å²) >= 11 is 0. The molecule has 1 unspecified atom stereocenters. The Hall–Kier alpha value is -2.62. The zero-order valence-electron chi connectivity index (χ0n) is 20.8. The Balaban J connectivity index is 1.40. The fraction of sp³-hybridized carbons (Fsp3) is 0.400. The fourth-order valence-electron chi connectivity index (χ4n) is 4.62. The normalized spacial score (nSPS) is 27.5. The molecule has 7 heteroatoms. The van der Waals surface area contributed by atoms with Crippen molar-refractivity contribution in [3.8, 4) is 0 Å². The van der Waals surface area contributed by atoms with E-state index in [1.165, 1.54) is 0 Å². The molecule has 0 amide bonds. The van der Waals surface area contributed by atoms with Gasteiger partial charge in [-0.3, -0.25) is 0 Å². The van der Waals surface area contributed by atoms with Gasteiger partial charge in [-0.2, -0.15) is 0 Å². The number of ether oxygens (including phenoxy) is 6. The van der Waals surface area contributed by atoms with Gasteiger partial charge in [-0.05, 0) is 17.5 Å². The van der Waals surface area contributed by atoms with E-state index in [-0.39, 0.29) is 6.61 Å². The first-order valence-corrected chi connectivity index (χ1v) is 12.8.